The SMILES string of the molecule is CCOC(=O)c1noc(C)c1C[n+]1[nH]c(C)cc1C. The highest BCUT2D eigenvalue weighted by atomic mass is 16.5. The molecule has 102 valence electrons. The van der Waals surface area contributed by atoms with E-state index in [4.69, 9.17) is 9.26 Å². The van der Waals surface area contributed by atoms with E-state index >= 15 is 0 Å². The number of hydrogen-bond acceptors (Lipinski definition) is 4. The predicted molar refractivity (Wildman–Crippen MR) is 66.8 cm³/mol. The van der Waals surface area contributed by atoms with Gasteiger partial charge in [-0.05, 0) is 20.8 Å². The van der Waals surface area contributed by atoms with Gasteiger partial charge in [0.2, 0.25) is 17.9 Å². The molecule has 6 nitrogen and oxygen atoms in total. The highest BCUT2D eigenvalue weighted by Gasteiger charge is 2.25. The molecule has 0 atom stereocenters. The van der Waals surface area contributed by atoms with Crippen LogP contribution in [0.4, 0.5) is 0 Å². The van der Waals surface area contributed by atoms with Crippen molar-refractivity contribution >= 4 is 5.97 Å². The molecule has 0 radical (unpaired) electrons. The zero-order valence-electron chi connectivity index (χ0n) is 11.6. The minimum Gasteiger partial charge on any atom is -0.461 e. The van der Waals surface area contributed by atoms with Gasteiger partial charge in [-0.2, -0.15) is 5.10 Å². The van der Waals surface area contributed by atoms with Crippen molar-refractivity contribution < 1.29 is 18.7 Å². The van der Waals surface area contributed by atoms with E-state index in [1.54, 1.807) is 13.8 Å². The quantitative estimate of drug-likeness (QED) is 0.670. The number of aromatic amines is 1. The van der Waals surface area contributed by atoms with Gasteiger partial charge in [0.15, 0.2) is 0 Å². The molecule has 0 saturated carbocycles. The van der Waals surface area contributed by atoms with Crippen LogP contribution < -0.4 is 4.68 Å². The van der Waals surface area contributed by atoms with Crippen molar-refractivity contribution in [1.29, 1.82) is 0 Å². The van der Waals surface area contributed by atoms with Gasteiger partial charge in [-0.3, -0.25) is 0 Å². The standard InChI is InChI=1S/C13H17N3O3/c1-5-18-13(17)12-11(10(4)19-15-12)7-16-9(3)6-8(2)14-16/h6H,5,7H2,1-4H3/p+1. The lowest BCUT2D eigenvalue weighted by Gasteiger charge is -1.99. The van der Waals surface area contributed by atoms with Crippen LogP contribution in [0.15, 0.2) is 10.6 Å². The molecule has 2 rings (SSSR count). The molecule has 0 bridgehead atoms. The lowest BCUT2D eigenvalue weighted by atomic mass is 10.2. The second kappa shape index (κ2) is 5.26. The highest BCUT2D eigenvalue weighted by molar-refractivity contribution is 5.88. The molecule has 0 unspecified atom stereocenters. The number of aromatic nitrogens is 3. The number of nitrogens with one attached hydrogen (secondary N) is 1. The van der Waals surface area contributed by atoms with Gasteiger partial charge in [0.25, 0.3) is 0 Å². The minimum absolute atomic E-state index is 0.249. The molecule has 6 heteroatoms. The van der Waals surface area contributed by atoms with Crippen LogP contribution in [0.25, 0.3) is 0 Å². The van der Waals surface area contributed by atoms with E-state index in [1.807, 2.05) is 24.6 Å². The van der Waals surface area contributed by atoms with E-state index < -0.39 is 5.97 Å². The molecule has 0 fully saturated rings. The summed E-state index contributed by atoms with van der Waals surface area (Å²) < 4.78 is 12.0. The zero-order valence-corrected chi connectivity index (χ0v) is 11.6. The largest absolute Gasteiger partial charge is 0.461 e. The fourth-order valence-corrected chi connectivity index (χ4v) is 1.98. The number of carbonyl (C=O) groups excluding carboxylic acids is 1. The Kier molecular flexibility index (Phi) is 3.69. The van der Waals surface area contributed by atoms with E-state index in [0.29, 0.717) is 18.9 Å². The van der Waals surface area contributed by atoms with Crippen molar-refractivity contribution in [2.45, 2.75) is 34.2 Å². The number of nitrogens with zero attached hydrogens (tertiary/aromatic N) is 2. The molecule has 0 aliphatic heterocycles. The lowest BCUT2D eigenvalue weighted by Crippen LogP contribution is -2.39. The first-order chi connectivity index (χ1) is 9.02. The van der Waals surface area contributed by atoms with Crippen LogP contribution in [-0.2, 0) is 11.3 Å². The Morgan fingerprint density at radius 2 is 2.21 bits per heavy atom. The molecule has 19 heavy (non-hydrogen) atoms. The van der Waals surface area contributed by atoms with Gasteiger partial charge < -0.3 is 9.26 Å². The van der Waals surface area contributed by atoms with Crippen LogP contribution in [0, 0.1) is 20.8 Å². The van der Waals surface area contributed by atoms with Crippen molar-refractivity contribution in [2.24, 2.45) is 0 Å². The van der Waals surface area contributed by atoms with Gasteiger partial charge in [0.1, 0.15) is 5.76 Å². The van der Waals surface area contributed by atoms with Gasteiger partial charge in [-0.15, -0.1) is 4.68 Å². The van der Waals surface area contributed by atoms with E-state index in [9.17, 15) is 4.79 Å². The van der Waals surface area contributed by atoms with Gasteiger partial charge in [0, 0.05) is 13.0 Å². The smallest absolute Gasteiger partial charge is 0.361 e. The third kappa shape index (κ3) is 2.67. The Morgan fingerprint density at radius 1 is 1.47 bits per heavy atom. The Hall–Kier alpha value is -2.11. The Balaban J connectivity index is 2.32. The maximum atomic E-state index is 11.8. The molecule has 2 aromatic rings. The second-order valence-corrected chi connectivity index (χ2v) is 4.45. The van der Waals surface area contributed by atoms with Crippen LogP contribution in [0.5, 0.6) is 0 Å². The molecule has 0 aliphatic carbocycles. The number of aryl methyl sites for hydroxylation is 3. The van der Waals surface area contributed by atoms with Gasteiger partial charge in [-0.25, -0.2) is 4.79 Å². The summed E-state index contributed by atoms with van der Waals surface area (Å²) in [6.07, 6.45) is 0. The van der Waals surface area contributed by atoms with E-state index in [0.717, 1.165) is 17.0 Å². The summed E-state index contributed by atoms with van der Waals surface area (Å²) in [6, 6.07) is 2.03. The number of H-pyrrole nitrogens is 1. The highest BCUT2D eigenvalue weighted by Crippen LogP contribution is 2.14. The number of esters is 1. The summed E-state index contributed by atoms with van der Waals surface area (Å²) in [5.74, 6) is 0.179. The average Bonchev–Trinajstić information content (AvgIpc) is 2.85. The molecular weight excluding hydrogens is 246 g/mol. The third-order valence-corrected chi connectivity index (χ3v) is 2.93. The Morgan fingerprint density at radius 3 is 2.79 bits per heavy atom. The van der Waals surface area contributed by atoms with Crippen molar-refractivity contribution in [3.8, 4) is 0 Å². The zero-order chi connectivity index (χ0) is 14.0. The average molecular weight is 264 g/mol. The number of hydrogen-bond donors (Lipinski definition) is 1. The third-order valence-electron chi connectivity index (χ3n) is 2.93. The molecular formula is C13H18N3O3+. The molecule has 2 aromatic heterocycles. The summed E-state index contributed by atoms with van der Waals surface area (Å²) in [5.41, 5.74) is 3.13. The Bertz CT molecular complexity index is 598. The van der Waals surface area contributed by atoms with Crippen LogP contribution >= 0.6 is 0 Å². The minimum atomic E-state index is -0.448. The van der Waals surface area contributed by atoms with Crippen molar-refractivity contribution in [3.63, 3.8) is 0 Å². The fraction of sp³-hybridized carbons (Fsp3) is 0.462. The molecule has 0 amide bonds. The second-order valence-electron chi connectivity index (χ2n) is 4.45. The van der Waals surface area contributed by atoms with Crippen LogP contribution in [0.2, 0.25) is 0 Å². The monoisotopic (exact) mass is 264 g/mol. The van der Waals surface area contributed by atoms with E-state index in [1.165, 1.54) is 0 Å². The molecule has 0 aromatic carbocycles. The Labute approximate surface area is 111 Å². The van der Waals surface area contributed by atoms with E-state index in [2.05, 4.69) is 10.3 Å². The molecule has 0 spiro atoms. The predicted octanol–water partition coefficient (Wildman–Crippen LogP) is 1.44. The van der Waals surface area contributed by atoms with Crippen molar-refractivity contribution in [2.75, 3.05) is 6.61 Å². The normalized spacial score (nSPS) is 10.7. The van der Waals surface area contributed by atoms with Crippen molar-refractivity contribution in [3.05, 3.63) is 34.5 Å². The van der Waals surface area contributed by atoms with Crippen LogP contribution in [-0.4, -0.2) is 22.8 Å². The van der Waals surface area contributed by atoms with Crippen LogP contribution in [0.1, 0.15) is 40.1 Å². The lowest BCUT2D eigenvalue weighted by molar-refractivity contribution is -0.748. The first kappa shape index (κ1) is 13.3. The molecule has 2 heterocycles. The summed E-state index contributed by atoms with van der Waals surface area (Å²) in [4.78, 5) is 11.8. The van der Waals surface area contributed by atoms with Gasteiger partial charge in [0.05, 0.1) is 17.9 Å². The van der Waals surface area contributed by atoms with E-state index in [-0.39, 0.29) is 5.69 Å². The van der Waals surface area contributed by atoms with Crippen LogP contribution in [0.3, 0.4) is 0 Å². The summed E-state index contributed by atoms with van der Waals surface area (Å²) in [6.45, 7) is 8.35. The molecule has 1 N–H and O–H groups in total. The number of rotatable bonds is 4. The number of carbonyl (C=O) groups is 1. The first-order valence-electron chi connectivity index (χ1n) is 6.21. The van der Waals surface area contributed by atoms with Gasteiger partial charge >= 0.3 is 5.97 Å². The van der Waals surface area contributed by atoms with Gasteiger partial charge in [-0.1, -0.05) is 5.16 Å². The maximum absolute atomic E-state index is 11.8. The summed E-state index contributed by atoms with van der Waals surface area (Å²) >= 11 is 0. The topological polar surface area (TPSA) is 72.0 Å². The van der Waals surface area contributed by atoms with Crippen molar-refractivity contribution in [1.82, 2.24) is 10.3 Å². The first-order valence-corrected chi connectivity index (χ1v) is 6.21. The maximum Gasteiger partial charge on any atom is 0.361 e. The number of ether oxygens (including phenoxy) is 1. The molecule has 0 aliphatic rings. The summed E-state index contributed by atoms with van der Waals surface area (Å²) in [5, 5.41) is 6.99. The molecule has 0 saturated heterocycles. The summed E-state index contributed by atoms with van der Waals surface area (Å²) in [7, 11) is 0. The fourth-order valence-electron chi connectivity index (χ4n) is 1.98.